The second-order valence-corrected chi connectivity index (χ2v) is 4.68. The highest BCUT2D eigenvalue weighted by atomic mass is 19.1. The third-order valence-electron chi connectivity index (χ3n) is 3.12. The van der Waals surface area contributed by atoms with Gasteiger partial charge in [0.2, 0.25) is 0 Å². The topological polar surface area (TPSA) is 47.3 Å². The number of ether oxygens (including phenoxy) is 1. The smallest absolute Gasteiger partial charge is 0.128 e. The molecule has 1 atom stereocenters. The van der Waals surface area contributed by atoms with Crippen LogP contribution in [0.15, 0.2) is 42.5 Å². The Morgan fingerprint density at radius 3 is 2.48 bits per heavy atom. The van der Waals surface area contributed by atoms with Crippen LogP contribution < -0.4 is 16.0 Å². The molecule has 2 rings (SSSR count). The maximum atomic E-state index is 13.9. The largest absolute Gasteiger partial charge is 0.494 e. The van der Waals surface area contributed by atoms with E-state index in [1.165, 1.54) is 0 Å². The van der Waals surface area contributed by atoms with Crippen LogP contribution in [-0.4, -0.2) is 6.61 Å². The SMILES string of the molecule is CCCOc1ccc(C(NN)c2cc(F)ccc2F)cc1. The molecule has 0 aromatic heterocycles. The number of halogens is 2. The number of hydrogen-bond donors (Lipinski definition) is 2. The Morgan fingerprint density at radius 2 is 1.86 bits per heavy atom. The summed E-state index contributed by atoms with van der Waals surface area (Å²) in [4.78, 5) is 0. The number of hydrazine groups is 1. The normalized spacial score (nSPS) is 12.2. The first kappa shape index (κ1) is 15.4. The van der Waals surface area contributed by atoms with E-state index in [0.29, 0.717) is 6.61 Å². The Labute approximate surface area is 122 Å². The van der Waals surface area contributed by atoms with Crippen molar-refractivity contribution in [3.63, 3.8) is 0 Å². The Kier molecular flexibility index (Phi) is 5.25. The standard InChI is InChI=1S/C16H18F2N2O/c1-2-9-21-13-6-3-11(4-7-13)16(20-19)14-10-12(17)5-8-15(14)18/h3-8,10,16,20H,2,9,19H2,1H3. The van der Waals surface area contributed by atoms with Crippen LogP contribution in [0.1, 0.15) is 30.5 Å². The summed E-state index contributed by atoms with van der Waals surface area (Å²) in [6.45, 7) is 2.66. The monoisotopic (exact) mass is 292 g/mol. The summed E-state index contributed by atoms with van der Waals surface area (Å²) >= 11 is 0. The third kappa shape index (κ3) is 3.77. The van der Waals surface area contributed by atoms with E-state index in [1.807, 2.05) is 6.92 Å². The van der Waals surface area contributed by atoms with Crippen molar-refractivity contribution in [1.82, 2.24) is 5.43 Å². The Hall–Kier alpha value is -1.98. The number of hydrogen-bond acceptors (Lipinski definition) is 3. The fourth-order valence-electron chi connectivity index (χ4n) is 2.08. The minimum absolute atomic E-state index is 0.166. The number of benzene rings is 2. The van der Waals surface area contributed by atoms with Crippen molar-refractivity contribution in [1.29, 1.82) is 0 Å². The van der Waals surface area contributed by atoms with E-state index in [2.05, 4.69) is 5.43 Å². The zero-order valence-corrected chi connectivity index (χ0v) is 11.8. The first-order valence-corrected chi connectivity index (χ1v) is 6.79. The molecule has 0 fully saturated rings. The zero-order valence-electron chi connectivity index (χ0n) is 11.8. The fraction of sp³-hybridized carbons (Fsp3) is 0.250. The van der Waals surface area contributed by atoms with Gasteiger partial charge in [-0.25, -0.2) is 14.2 Å². The highest BCUT2D eigenvalue weighted by Crippen LogP contribution is 2.26. The highest BCUT2D eigenvalue weighted by Gasteiger charge is 2.17. The zero-order chi connectivity index (χ0) is 15.2. The second-order valence-electron chi connectivity index (χ2n) is 4.68. The molecule has 2 aromatic carbocycles. The first-order chi connectivity index (χ1) is 10.2. The molecule has 0 radical (unpaired) electrons. The molecule has 0 aliphatic rings. The van der Waals surface area contributed by atoms with Crippen molar-refractivity contribution in [3.05, 3.63) is 65.2 Å². The van der Waals surface area contributed by atoms with Gasteiger partial charge in [-0.15, -0.1) is 0 Å². The molecule has 0 saturated heterocycles. The Balaban J connectivity index is 2.26. The molecule has 2 aromatic rings. The van der Waals surface area contributed by atoms with E-state index in [1.54, 1.807) is 24.3 Å². The first-order valence-electron chi connectivity index (χ1n) is 6.79. The summed E-state index contributed by atoms with van der Waals surface area (Å²) < 4.78 is 32.6. The van der Waals surface area contributed by atoms with Crippen LogP contribution in [0.2, 0.25) is 0 Å². The predicted molar refractivity (Wildman–Crippen MR) is 77.8 cm³/mol. The van der Waals surface area contributed by atoms with Gasteiger partial charge in [0, 0.05) is 5.56 Å². The summed E-state index contributed by atoms with van der Waals surface area (Å²) in [6, 6.07) is 9.81. The average molecular weight is 292 g/mol. The van der Waals surface area contributed by atoms with Crippen molar-refractivity contribution in [2.45, 2.75) is 19.4 Å². The van der Waals surface area contributed by atoms with E-state index in [4.69, 9.17) is 10.6 Å². The van der Waals surface area contributed by atoms with Crippen molar-refractivity contribution >= 4 is 0 Å². The van der Waals surface area contributed by atoms with Gasteiger partial charge in [0.1, 0.15) is 17.4 Å². The molecule has 0 amide bonds. The molecule has 5 heteroatoms. The van der Waals surface area contributed by atoms with Crippen LogP contribution in [-0.2, 0) is 0 Å². The van der Waals surface area contributed by atoms with Gasteiger partial charge in [0.25, 0.3) is 0 Å². The lowest BCUT2D eigenvalue weighted by molar-refractivity contribution is 0.317. The van der Waals surface area contributed by atoms with Crippen molar-refractivity contribution < 1.29 is 13.5 Å². The van der Waals surface area contributed by atoms with Gasteiger partial charge in [0.05, 0.1) is 12.6 Å². The van der Waals surface area contributed by atoms with Gasteiger partial charge in [-0.2, -0.15) is 0 Å². The average Bonchev–Trinajstić information content (AvgIpc) is 2.50. The molecule has 0 aliphatic carbocycles. The summed E-state index contributed by atoms with van der Waals surface area (Å²) in [7, 11) is 0. The second kappa shape index (κ2) is 7.15. The van der Waals surface area contributed by atoms with Crippen LogP contribution in [0.5, 0.6) is 5.75 Å². The Bertz CT molecular complexity index is 587. The van der Waals surface area contributed by atoms with E-state index in [0.717, 1.165) is 35.9 Å². The summed E-state index contributed by atoms with van der Waals surface area (Å²) in [5, 5.41) is 0. The molecule has 21 heavy (non-hydrogen) atoms. The van der Waals surface area contributed by atoms with Gasteiger partial charge < -0.3 is 4.74 Å². The lowest BCUT2D eigenvalue weighted by atomic mass is 9.98. The lowest BCUT2D eigenvalue weighted by Crippen LogP contribution is -2.29. The summed E-state index contributed by atoms with van der Waals surface area (Å²) in [6.07, 6.45) is 0.920. The summed E-state index contributed by atoms with van der Waals surface area (Å²) in [5.74, 6) is 5.22. The van der Waals surface area contributed by atoms with Crippen molar-refractivity contribution in [3.8, 4) is 5.75 Å². The quantitative estimate of drug-likeness (QED) is 0.634. The molecular weight excluding hydrogens is 274 g/mol. The van der Waals surface area contributed by atoms with Crippen LogP contribution in [0.4, 0.5) is 8.78 Å². The van der Waals surface area contributed by atoms with Gasteiger partial charge >= 0.3 is 0 Å². The molecule has 0 bridgehead atoms. The van der Waals surface area contributed by atoms with Gasteiger partial charge in [0.15, 0.2) is 0 Å². The molecular formula is C16H18F2N2O. The molecule has 0 aliphatic heterocycles. The lowest BCUT2D eigenvalue weighted by Gasteiger charge is -2.18. The van der Waals surface area contributed by atoms with Crippen molar-refractivity contribution in [2.24, 2.45) is 5.84 Å². The van der Waals surface area contributed by atoms with Gasteiger partial charge in [-0.1, -0.05) is 19.1 Å². The van der Waals surface area contributed by atoms with Gasteiger partial charge in [-0.3, -0.25) is 5.84 Å². The highest BCUT2D eigenvalue weighted by molar-refractivity contribution is 5.36. The fourth-order valence-corrected chi connectivity index (χ4v) is 2.08. The van der Waals surface area contributed by atoms with Crippen molar-refractivity contribution in [2.75, 3.05) is 6.61 Å². The van der Waals surface area contributed by atoms with E-state index in [-0.39, 0.29) is 5.56 Å². The molecule has 0 spiro atoms. The van der Waals surface area contributed by atoms with Gasteiger partial charge in [-0.05, 0) is 42.3 Å². The number of nitrogens with one attached hydrogen (secondary N) is 1. The minimum Gasteiger partial charge on any atom is -0.494 e. The number of rotatable bonds is 6. The van der Waals surface area contributed by atoms with E-state index in [9.17, 15) is 8.78 Å². The van der Waals surface area contributed by atoms with E-state index < -0.39 is 17.7 Å². The minimum atomic E-state index is -0.624. The molecule has 0 heterocycles. The summed E-state index contributed by atoms with van der Waals surface area (Å²) in [5.41, 5.74) is 3.41. The maximum absolute atomic E-state index is 13.9. The predicted octanol–water partition coefficient (Wildman–Crippen LogP) is 3.31. The number of nitrogens with two attached hydrogens (primary N) is 1. The van der Waals surface area contributed by atoms with Crippen LogP contribution >= 0.6 is 0 Å². The van der Waals surface area contributed by atoms with Crippen LogP contribution in [0.25, 0.3) is 0 Å². The molecule has 3 N–H and O–H groups in total. The van der Waals surface area contributed by atoms with Crippen LogP contribution in [0.3, 0.4) is 0 Å². The third-order valence-corrected chi connectivity index (χ3v) is 3.12. The molecule has 112 valence electrons. The molecule has 1 unspecified atom stereocenters. The molecule has 0 saturated carbocycles. The van der Waals surface area contributed by atoms with E-state index >= 15 is 0 Å². The van der Waals surface area contributed by atoms with Crippen LogP contribution in [0, 0.1) is 11.6 Å². The maximum Gasteiger partial charge on any atom is 0.128 e. The molecule has 3 nitrogen and oxygen atoms in total. The Morgan fingerprint density at radius 1 is 1.14 bits per heavy atom.